The third kappa shape index (κ3) is 2.98. The van der Waals surface area contributed by atoms with Gasteiger partial charge >= 0.3 is 0 Å². The third-order valence-corrected chi connectivity index (χ3v) is 3.76. The predicted octanol–water partition coefficient (Wildman–Crippen LogP) is 5.75. The first kappa shape index (κ1) is 14.6. The second-order valence-electron chi connectivity index (χ2n) is 5.40. The average molecular weight is 294 g/mol. The van der Waals surface area contributed by atoms with Gasteiger partial charge in [0, 0.05) is 0 Å². The summed E-state index contributed by atoms with van der Waals surface area (Å²) in [6, 6.07) is 23.7. The molecule has 0 bridgehead atoms. The normalized spacial score (nSPS) is 9.87. The molecule has 0 atom stereocenters. The summed E-state index contributed by atoms with van der Waals surface area (Å²) in [4.78, 5) is 3.51. The first-order valence-corrected chi connectivity index (χ1v) is 7.30. The molecule has 0 aliphatic rings. The fourth-order valence-corrected chi connectivity index (χ4v) is 2.65. The summed E-state index contributed by atoms with van der Waals surface area (Å²) in [5, 5.41) is 9.13. The number of rotatable bonds is 2. The number of benzene rings is 3. The van der Waals surface area contributed by atoms with Gasteiger partial charge in [0.05, 0.1) is 18.2 Å². The van der Waals surface area contributed by atoms with E-state index < -0.39 is 0 Å². The van der Waals surface area contributed by atoms with Crippen molar-refractivity contribution in [2.75, 3.05) is 0 Å². The van der Waals surface area contributed by atoms with Crippen LogP contribution in [0.2, 0.25) is 0 Å². The molecule has 0 spiro atoms. The maximum Gasteiger partial charge on any atom is 0.187 e. The summed E-state index contributed by atoms with van der Waals surface area (Å²) >= 11 is 0. The molecule has 0 fully saturated rings. The molecule has 3 rings (SSSR count). The van der Waals surface area contributed by atoms with E-state index in [1.165, 1.54) is 0 Å². The zero-order chi connectivity index (χ0) is 16.2. The molecule has 0 heterocycles. The predicted molar refractivity (Wildman–Crippen MR) is 93.0 cm³/mol. The van der Waals surface area contributed by atoms with Gasteiger partial charge in [-0.2, -0.15) is 5.26 Å². The first-order chi connectivity index (χ1) is 11.2. The van der Waals surface area contributed by atoms with Crippen molar-refractivity contribution in [2.45, 2.75) is 6.92 Å². The second-order valence-corrected chi connectivity index (χ2v) is 5.40. The topological polar surface area (TPSA) is 28.1 Å². The van der Waals surface area contributed by atoms with E-state index in [1.807, 2.05) is 36.4 Å². The Hall–Kier alpha value is -3.36. The highest BCUT2D eigenvalue weighted by molar-refractivity contribution is 5.85. The van der Waals surface area contributed by atoms with Gasteiger partial charge in [0.25, 0.3) is 0 Å². The molecular weight excluding hydrogens is 280 g/mol. The lowest BCUT2D eigenvalue weighted by Gasteiger charge is -2.12. The smallest absolute Gasteiger partial charge is 0.187 e. The molecule has 0 unspecified atom stereocenters. The Morgan fingerprint density at radius 3 is 2.35 bits per heavy atom. The molecule has 0 saturated carbocycles. The standard InChI is InChI=1S/C21H14N2/c1-15-9-10-20(18-7-4-8-19(13-18)23-2)21(11-15)17-6-3-5-16(12-17)14-22/h3-13H,1H3. The van der Waals surface area contributed by atoms with E-state index >= 15 is 0 Å². The molecule has 23 heavy (non-hydrogen) atoms. The highest BCUT2D eigenvalue weighted by Crippen LogP contribution is 2.34. The quantitative estimate of drug-likeness (QED) is 0.553. The van der Waals surface area contributed by atoms with Gasteiger partial charge in [-0.25, -0.2) is 4.85 Å². The molecule has 2 nitrogen and oxygen atoms in total. The van der Waals surface area contributed by atoms with Gasteiger partial charge in [0.15, 0.2) is 5.69 Å². The van der Waals surface area contributed by atoms with E-state index in [0.29, 0.717) is 11.3 Å². The Kier molecular flexibility index (Phi) is 3.91. The van der Waals surface area contributed by atoms with Gasteiger partial charge in [-0.1, -0.05) is 54.1 Å². The molecular formula is C21H14N2. The van der Waals surface area contributed by atoms with Crippen molar-refractivity contribution in [3.05, 3.63) is 89.3 Å². The van der Waals surface area contributed by atoms with Crippen molar-refractivity contribution in [1.29, 1.82) is 5.26 Å². The lowest BCUT2D eigenvalue weighted by Crippen LogP contribution is -1.87. The lowest BCUT2D eigenvalue weighted by molar-refractivity contribution is 1.45. The van der Waals surface area contributed by atoms with Gasteiger partial charge in [0.1, 0.15) is 0 Å². The van der Waals surface area contributed by atoms with Crippen LogP contribution in [0.25, 0.3) is 27.1 Å². The van der Waals surface area contributed by atoms with Crippen molar-refractivity contribution >= 4 is 5.69 Å². The van der Waals surface area contributed by atoms with Gasteiger partial charge in [0.2, 0.25) is 0 Å². The minimum atomic E-state index is 0.625. The van der Waals surface area contributed by atoms with Crippen LogP contribution in [0.1, 0.15) is 11.1 Å². The molecule has 0 aliphatic heterocycles. The van der Waals surface area contributed by atoms with Gasteiger partial charge in [-0.15, -0.1) is 0 Å². The molecule has 0 N–H and O–H groups in total. The highest BCUT2D eigenvalue weighted by atomic mass is 14.6. The fourth-order valence-electron chi connectivity index (χ4n) is 2.65. The van der Waals surface area contributed by atoms with Crippen LogP contribution < -0.4 is 0 Å². The number of nitriles is 1. The van der Waals surface area contributed by atoms with Crippen molar-refractivity contribution in [3.63, 3.8) is 0 Å². The Balaban J connectivity index is 2.23. The van der Waals surface area contributed by atoms with E-state index in [2.05, 4.69) is 36.0 Å². The van der Waals surface area contributed by atoms with Crippen molar-refractivity contribution in [2.24, 2.45) is 0 Å². The van der Waals surface area contributed by atoms with Crippen LogP contribution in [0.15, 0.2) is 66.7 Å². The number of nitrogens with zero attached hydrogens (tertiary/aromatic N) is 2. The molecule has 3 aromatic carbocycles. The zero-order valence-corrected chi connectivity index (χ0v) is 12.7. The maximum atomic E-state index is 9.13. The number of aryl methyl sites for hydroxylation is 1. The van der Waals surface area contributed by atoms with E-state index in [9.17, 15) is 0 Å². The first-order valence-electron chi connectivity index (χ1n) is 7.30. The van der Waals surface area contributed by atoms with Crippen LogP contribution >= 0.6 is 0 Å². The van der Waals surface area contributed by atoms with E-state index in [0.717, 1.165) is 27.8 Å². The second kappa shape index (κ2) is 6.18. The van der Waals surface area contributed by atoms with Gasteiger partial charge < -0.3 is 0 Å². The summed E-state index contributed by atoms with van der Waals surface area (Å²) in [6.07, 6.45) is 0. The third-order valence-electron chi connectivity index (χ3n) is 3.76. The summed E-state index contributed by atoms with van der Waals surface area (Å²) in [5.41, 5.74) is 6.59. The average Bonchev–Trinajstić information content (AvgIpc) is 2.61. The summed E-state index contributed by atoms with van der Waals surface area (Å²) in [5.74, 6) is 0. The Labute approximate surface area is 136 Å². The molecule has 0 amide bonds. The molecule has 108 valence electrons. The van der Waals surface area contributed by atoms with Gasteiger partial charge in [-0.05, 0) is 47.4 Å². The molecule has 2 heteroatoms. The van der Waals surface area contributed by atoms with E-state index in [4.69, 9.17) is 11.8 Å². The largest absolute Gasteiger partial charge is 0.238 e. The van der Waals surface area contributed by atoms with Crippen LogP contribution in [0.5, 0.6) is 0 Å². The van der Waals surface area contributed by atoms with Crippen molar-refractivity contribution in [1.82, 2.24) is 0 Å². The molecule has 0 aromatic heterocycles. The van der Waals surface area contributed by atoms with Gasteiger partial charge in [-0.3, -0.25) is 0 Å². The highest BCUT2D eigenvalue weighted by Gasteiger charge is 2.09. The summed E-state index contributed by atoms with van der Waals surface area (Å²) in [7, 11) is 0. The Morgan fingerprint density at radius 2 is 1.61 bits per heavy atom. The van der Waals surface area contributed by atoms with Crippen molar-refractivity contribution in [3.8, 4) is 28.3 Å². The van der Waals surface area contributed by atoms with E-state index in [1.54, 1.807) is 12.1 Å². The fraction of sp³-hybridized carbons (Fsp3) is 0.0476. The van der Waals surface area contributed by atoms with Crippen LogP contribution in [-0.4, -0.2) is 0 Å². The molecule has 0 radical (unpaired) electrons. The zero-order valence-electron chi connectivity index (χ0n) is 12.7. The molecule has 0 aliphatic carbocycles. The van der Waals surface area contributed by atoms with Crippen molar-refractivity contribution < 1.29 is 0 Å². The SMILES string of the molecule is [C-]#[N+]c1cccc(-c2ccc(C)cc2-c2cccc(C#N)c2)c1. The molecule has 3 aromatic rings. The summed E-state index contributed by atoms with van der Waals surface area (Å²) < 4.78 is 0. The summed E-state index contributed by atoms with van der Waals surface area (Å²) in [6.45, 7) is 9.25. The minimum Gasteiger partial charge on any atom is -0.238 e. The molecule has 0 saturated heterocycles. The number of hydrogen-bond donors (Lipinski definition) is 0. The van der Waals surface area contributed by atoms with Crippen LogP contribution in [0, 0.1) is 24.8 Å². The lowest BCUT2D eigenvalue weighted by atomic mass is 9.92. The Morgan fingerprint density at radius 1 is 0.870 bits per heavy atom. The van der Waals surface area contributed by atoms with Crippen LogP contribution in [-0.2, 0) is 0 Å². The van der Waals surface area contributed by atoms with E-state index in [-0.39, 0.29) is 0 Å². The van der Waals surface area contributed by atoms with Crippen LogP contribution in [0.3, 0.4) is 0 Å². The monoisotopic (exact) mass is 294 g/mol. The minimum absolute atomic E-state index is 0.625. The number of hydrogen-bond acceptors (Lipinski definition) is 1. The van der Waals surface area contributed by atoms with Crippen LogP contribution in [0.4, 0.5) is 5.69 Å². The Bertz CT molecular complexity index is 956. The maximum absolute atomic E-state index is 9.13.